The quantitative estimate of drug-likeness (QED) is 0.808. The number of hydrogen-bond acceptors (Lipinski definition) is 4. The minimum absolute atomic E-state index is 0.137. The van der Waals surface area contributed by atoms with Gasteiger partial charge in [-0.05, 0) is 54.5 Å². The Morgan fingerprint density at radius 1 is 0.846 bits per heavy atom. The number of ketones is 1. The van der Waals surface area contributed by atoms with E-state index in [0.717, 1.165) is 41.9 Å². The summed E-state index contributed by atoms with van der Waals surface area (Å²) in [5.41, 5.74) is 2.81. The number of Topliss-reactive ketones (excluding diaryl/α,β-unsaturated/α-hetero) is 1. The molecule has 136 valence electrons. The molecule has 0 aliphatic heterocycles. The Bertz CT molecular complexity index is 825. The Morgan fingerprint density at radius 3 is 2.19 bits per heavy atom. The molecule has 0 amide bonds. The molecule has 1 saturated carbocycles. The first-order valence-corrected chi connectivity index (χ1v) is 9.12. The third kappa shape index (κ3) is 2.47. The van der Waals surface area contributed by atoms with Gasteiger partial charge in [-0.2, -0.15) is 0 Å². The molecule has 0 spiro atoms. The molecule has 4 rings (SSSR count). The topological polar surface area (TPSA) is 44.8 Å². The Labute approximate surface area is 154 Å². The Kier molecular flexibility index (Phi) is 4.35. The number of rotatable bonds is 4. The molecule has 3 atom stereocenters. The summed E-state index contributed by atoms with van der Waals surface area (Å²) < 4.78 is 16.4. The number of fused-ring (bicyclic) bond motifs is 3. The van der Waals surface area contributed by atoms with E-state index in [-0.39, 0.29) is 11.7 Å². The summed E-state index contributed by atoms with van der Waals surface area (Å²) in [6, 6.07) is 11.7. The van der Waals surface area contributed by atoms with E-state index in [0.29, 0.717) is 23.1 Å². The zero-order valence-corrected chi connectivity index (χ0v) is 15.5. The van der Waals surface area contributed by atoms with Crippen LogP contribution in [0.1, 0.15) is 52.6 Å². The highest BCUT2D eigenvalue weighted by molar-refractivity contribution is 6.06. The minimum Gasteiger partial charge on any atom is -0.497 e. The number of carbonyl (C=O) groups is 1. The van der Waals surface area contributed by atoms with Crippen LogP contribution in [0.15, 0.2) is 36.4 Å². The van der Waals surface area contributed by atoms with E-state index in [2.05, 4.69) is 0 Å². The van der Waals surface area contributed by atoms with Crippen LogP contribution in [0.25, 0.3) is 0 Å². The molecule has 0 heterocycles. The van der Waals surface area contributed by atoms with Crippen molar-refractivity contribution in [1.29, 1.82) is 0 Å². The van der Waals surface area contributed by atoms with Crippen molar-refractivity contribution in [3.63, 3.8) is 0 Å². The summed E-state index contributed by atoms with van der Waals surface area (Å²) in [5.74, 6) is 2.91. The second-order valence-corrected chi connectivity index (χ2v) is 7.08. The van der Waals surface area contributed by atoms with Gasteiger partial charge in [0.2, 0.25) is 0 Å². The van der Waals surface area contributed by atoms with Crippen molar-refractivity contribution >= 4 is 5.78 Å². The number of ether oxygens (including phenoxy) is 3. The molecular formula is C22H24O4. The molecule has 2 aliphatic carbocycles. The van der Waals surface area contributed by atoms with Gasteiger partial charge in [-0.15, -0.1) is 0 Å². The average molecular weight is 352 g/mol. The van der Waals surface area contributed by atoms with Gasteiger partial charge in [-0.3, -0.25) is 4.79 Å². The van der Waals surface area contributed by atoms with Crippen LogP contribution in [-0.2, 0) is 0 Å². The van der Waals surface area contributed by atoms with Gasteiger partial charge in [-0.25, -0.2) is 0 Å². The standard InChI is InChI=1S/C22H24O4/c1-24-14-9-7-13(8-10-14)19-15-5-4-6-16(15)20-17(25-2)11-12-18(26-3)21(20)22(19)23/h7-12,15-16,19H,4-6H2,1-3H3/t15-,16+,19?/m0/s1. The van der Waals surface area contributed by atoms with Gasteiger partial charge < -0.3 is 14.2 Å². The first-order chi connectivity index (χ1) is 12.7. The number of benzene rings is 2. The highest BCUT2D eigenvalue weighted by atomic mass is 16.5. The van der Waals surface area contributed by atoms with E-state index in [1.165, 1.54) is 0 Å². The van der Waals surface area contributed by atoms with Crippen LogP contribution >= 0.6 is 0 Å². The lowest BCUT2D eigenvalue weighted by molar-refractivity contribution is 0.0901. The first kappa shape index (κ1) is 17.0. The van der Waals surface area contributed by atoms with Gasteiger partial charge >= 0.3 is 0 Å². The van der Waals surface area contributed by atoms with Crippen LogP contribution in [0.5, 0.6) is 17.2 Å². The fraction of sp³-hybridized carbons (Fsp3) is 0.409. The van der Waals surface area contributed by atoms with Crippen LogP contribution in [0.3, 0.4) is 0 Å². The Morgan fingerprint density at radius 2 is 1.54 bits per heavy atom. The van der Waals surface area contributed by atoms with Crippen LogP contribution in [0.2, 0.25) is 0 Å². The Hall–Kier alpha value is -2.49. The minimum atomic E-state index is -0.137. The fourth-order valence-electron chi connectivity index (χ4n) is 4.86. The van der Waals surface area contributed by atoms with E-state index in [1.54, 1.807) is 21.3 Å². The monoisotopic (exact) mass is 352 g/mol. The molecule has 1 fully saturated rings. The van der Waals surface area contributed by atoms with Gasteiger partial charge in [0, 0.05) is 5.56 Å². The van der Waals surface area contributed by atoms with E-state index >= 15 is 0 Å². The summed E-state index contributed by atoms with van der Waals surface area (Å²) in [6.07, 6.45) is 3.28. The predicted octanol–water partition coefficient (Wildman–Crippen LogP) is 4.58. The van der Waals surface area contributed by atoms with Gasteiger partial charge in [0.1, 0.15) is 17.2 Å². The molecule has 4 nitrogen and oxygen atoms in total. The largest absolute Gasteiger partial charge is 0.497 e. The summed E-state index contributed by atoms with van der Waals surface area (Å²) in [5, 5.41) is 0. The van der Waals surface area contributed by atoms with Crippen molar-refractivity contribution in [3.05, 3.63) is 53.1 Å². The average Bonchev–Trinajstić information content (AvgIpc) is 3.16. The molecule has 2 aromatic rings. The second-order valence-electron chi connectivity index (χ2n) is 7.08. The molecule has 1 unspecified atom stereocenters. The summed E-state index contributed by atoms with van der Waals surface area (Å²) >= 11 is 0. The van der Waals surface area contributed by atoms with Gasteiger partial charge in [-0.1, -0.05) is 18.6 Å². The van der Waals surface area contributed by atoms with Gasteiger partial charge in [0.05, 0.1) is 32.8 Å². The predicted molar refractivity (Wildman–Crippen MR) is 99.7 cm³/mol. The molecule has 4 heteroatoms. The van der Waals surface area contributed by atoms with Crippen LogP contribution in [0, 0.1) is 5.92 Å². The number of methoxy groups -OCH3 is 3. The van der Waals surface area contributed by atoms with Crippen molar-refractivity contribution in [1.82, 2.24) is 0 Å². The molecule has 0 saturated heterocycles. The molecule has 0 aromatic heterocycles. The van der Waals surface area contributed by atoms with Crippen molar-refractivity contribution in [3.8, 4) is 17.2 Å². The van der Waals surface area contributed by atoms with Crippen LogP contribution < -0.4 is 14.2 Å². The molecule has 2 aromatic carbocycles. The maximum Gasteiger partial charge on any atom is 0.174 e. The van der Waals surface area contributed by atoms with Gasteiger partial charge in [0.15, 0.2) is 5.78 Å². The summed E-state index contributed by atoms with van der Waals surface area (Å²) in [4.78, 5) is 13.6. The fourth-order valence-corrected chi connectivity index (χ4v) is 4.86. The highest BCUT2D eigenvalue weighted by Crippen LogP contribution is 2.56. The summed E-state index contributed by atoms with van der Waals surface area (Å²) in [6.45, 7) is 0. The Balaban J connectivity index is 1.88. The lowest BCUT2D eigenvalue weighted by Gasteiger charge is -2.36. The van der Waals surface area contributed by atoms with Crippen LogP contribution in [0.4, 0.5) is 0 Å². The van der Waals surface area contributed by atoms with Crippen molar-refractivity contribution in [2.45, 2.75) is 31.1 Å². The third-order valence-corrected chi connectivity index (χ3v) is 5.98. The van der Waals surface area contributed by atoms with E-state index in [9.17, 15) is 4.79 Å². The molecular weight excluding hydrogens is 328 g/mol. The zero-order chi connectivity index (χ0) is 18.3. The second kappa shape index (κ2) is 6.67. The van der Waals surface area contributed by atoms with Crippen molar-refractivity contribution < 1.29 is 19.0 Å². The SMILES string of the molecule is COc1ccc(C2C(=O)c3c(OC)ccc(OC)c3[C@@H]3CCC[C@H]23)cc1. The van der Waals surface area contributed by atoms with E-state index < -0.39 is 0 Å². The van der Waals surface area contributed by atoms with E-state index in [1.807, 2.05) is 36.4 Å². The lowest BCUT2D eigenvalue weighted by atomic mass is 9.67. The summed E-state index contributed by atoms with van der Waals surface area (Å²) in [7, 11) is 4.95. The highest BCUT2D eigenvalue weighted by Gasteiger charge is 2.47. The van der Waals surface area contributed by atoms with Gasteiger partial charge in [0.25, 0.3) is 0 Å². The molecule has 0 bridgehead atoms. The number of hydrogen-bond donors (Lipinski definition) is 0. The maximum absolute atomic E-state index is 13.6. The van der Waals surface area contributed by atoms with Crippen molar-refractivity contribution in [2.24, 2.45) is 5.92 Å². The number of carbonyl (C=O) groups excluding carboxylic acids is 1. The van der Waals surface area contributed by atoms with Crippen LogP contribution in [-0.4, -0.2) is 27.1 Å². The first-order valence-electron chi connectivity index (χ1n) is 9.12. The van der Waals surface area contributed by atoms with E-state index in [4.69, 9.17) is 14.2 Å². The maximum atomic E-state index is 13.6. The third-order valence-electron chi connectivity index (χ3n) is 5.98. The lowest BCUT2D eigenvalue weighted by Crippen LogP contribution is -2.31. The smallest absolute Gasteiger partial charge is 0.174 e. The molecule has 2 aliphatic rings. The zero-order valence-electron chi connectivity index (χ0n) is 15.5. The van der Waals surface area contributed by atoms with Crippen molar-refractivity contribution in [2.75, 3.05) is 21.3 Å². The molecule has 0 radical (unpaired) electrons. The normalized spacial score (nSPS) is 24.0. The molecule has 0 N–H and O–H groups in total. The molecule has 26 heavy (non-hydrogen) atoms.